The van der Waals surface area contributed by atoms with Gasteiger partial charge >= 0.3 is 0 Å². The largest absolute Gasteiger partial charge is 0.182 e. The minimum atomic E-state index is -2.27. The van der Waals surface area contributed by atoms with E-state index in [0.717, 1.165) is 5.02 Å². The Morgan fingerprint density at radius 3 is 1.54 bits per heavy atom. The van der Waals surface area contributed by atoms with Crippen molar-refractivity contribution in [3.63, 3.8) is 0 Å². The van der Waals surface area contributed by atoms with Crippen LogP contribution in [0.15, 0.2) is 91.0 Å². The predicted molar refractivity (Wildman–Crippen MR) is 113 cm³/mol. The second-order valence-corrected chi connectivity index (χ2v) is 11.1. The molecule has 0 N–H and O–H groups in total. The van der Waals surface area contributed by atoms with E-state index in [0.29, 0.717) is 0 Å². The van der Waals surface area contributed by atoms with Crippen molar-refractivity contribution in [2.75, 3.05) is 0 Å². The zero-order chi connectivity index (χ0) is 17.3. The molecular formula is C24H15ClSi. The smallest absolute Gasteiger partial charge is 0.0837 e. The highest BCUT2D eigenvalue weighted by Gasteiger charge is 2.54. The average molecular weight is 367 g/mol. The van der Waals surface area contributed by atoms with Crippen LogP contribution in [0.1, 0.15) is 0 Å². The fraction of sp³-hybridized carbons (Fsp3) is 0. The highest BCUT2D eigenvalue weighted by Crippen LogP contribution is 2.38. The van der Waals surface area contributed by atoms with Crippen LogP contribution >= 0.6 is 11.6 Å². The van der Waals surface area contributed by atoms with E-state index in [1.54, 1.807) is 0 Å². The summed E-state index contributed by atoms with van der Waals surface area (Å²) >= 11 is 6.74. The summed E-state index contributed by atoms with van der Waals surface area (Å²) in [5, 5.41) is 6.76. The molecule has 0 saturated carbocycles. The van der Waals surface area contributed by atoms with Crippen LogP contribution in [0.25, 0.3) is 22.3 Å². The first kappa shape index (κ1) is 14.5. The minimum Gasteiger partial charge on any atom is -0.0837 e. The lowest BCUT2D eigenvalue weighted by Gasteiger charge is -2.27. The molecule has 0 aromatic heterocycles. The van der Waals surface area contributed by atoms with Gasteiger partial charge in [-0.25, -0.2) is 0 Å². The molecule has 6 rings (SSSR count). The van der Waals surface area contributed by atoms with Gasteiger partial charge in [0.05, 0.1) is 0 Å². The van der Waals surface area contributed by atoms with Gasteiger partial charge in [0.15, 0.2) is 8.07 Å². The van der Waals surface area contributed by atoms with Gasteiger partial charge in [-0.1, -0.05) is 96.5 Å². The topological polar surface area (TPSA) is 0 Å². The van der Waals surface area contributed by atoms with E-state index in [2.05, 4.69) is 84.9 Å². The zero-order valence-corrected chi connectivity index (χ0v) is 15.8. The molecule has 0 nitrogen and oxygen atoms in total. The second kappa shape index (κ2) is 4.97. The maximum atomic E-state index is 6.74. The van der Waals surface area contributed by atoms with Crippen LogP contribution in [-0.4, -0.2) is 8.07 Å². The van der Waals surface area contributed by atoms with Crippen LogP contribution in [-0.2, 0) is 0 Å². The molecule has 0 amide bonds. The quantitative estimate of drug-likeness (QED) is 0.360. The molecule has 26 heavy (non-hydrogen) atoms. The number of rotatable bonds is 0. The van der Waals surface area contributed by atoms with E-state index in [1.807, 2.05) is 6.07 Å². The lowest BCUT2D eigenvalue weighted by molar-refractivity contribution is 1.70. The Labute approximate surface area is 158 Å². The molecule has 0 saturated heterocycles. The van der Waals surface area contributed by atoms with Gasteiger partial charge in [0, 0.05) is 10.6 Å². The van der Waals surface area contributed by atoms with E-state index < -0.39 is 8.07 Å². The maximum Gasteiger partial charge on any atom is 0.182 e. The number of hydrogen-bond acceptors (Lipinski definition) is 0. The summed E-state index contributed by atoms with van der Waals surface area (Å²) in [5.74, 6) is 0. The first-order chi connectivity index (χ1) is 12.8. The Morgan fingerprint density at radius 1 is 0.462 bits per heavy atom. The normalized spacial score (nSPS) is 14.7. The van der Waals surface area contributed by atoms with Crippen molar-refractivity contribution in [2.24, 2.45) is 0 Å². The summed E-state index contributed by atoms with van der Waals surface area (Å²) in [6.07, 6.45) is 0. The van der Waals surface area contributed by atoms with Crippen molar-refractivity contribution >= 4 is 40.4 Å². The number of hydrogen-bond donors (Lipinski definition) is 0. The number of fused-ring (bicyclic) bond motifs is 10. The van der Waals surface area contributed by atoms with Crippen LogP contribution in [0.4, 0.5) is 0 Å². The number of benzene rings is 4. The fourth-order valence-electron chi connectivity index (χ4n) is 5.10. The summed E-state index contributed by atoms with van der Waals surface area (Å²) in [5.41, 5.74) is 5.32. The van der Waals surface area contributed by atoms with Gasteiger partial charge in [0.1, 0.15) is 0 Å². The van der Waals surface area contributed by atoms with E-state index >= 15 is 0 Å². The highest BCUT2D eigenvalue weighted by molar-refractivity contribution is 7.24. The molecule has 4 aromatic rings. The Bertz CT molecular complexity index is 1160. The third-order valence-corrected chi connectivity index (χ3v) is 11.2. The van der Waals surface area contributed by atoms with E-state index in [1.165, 1.54) is 43.0 Å². The van der Waals surface area contributed by atoms with Crippen LogP contribution < -0.4 is 20.7 Å². The predicted octanol–water partition coefficient (Wildman–Crippen LogP) is 3.68. The minimum absolute atomic E-state index is 0.862. The standard InChI is InChI=1S/C24H15ClSi/c25-19-11-7-15-23-24(19)18-10-3-6-14-22(18)26(23)20-12-4-1-8-16(20)17-9-2-5-13-21(17)26/h1-15H. The first-order valence-corrected chi connectivity index (χ1v) is 11.3. The summed E-state index contributed by atoms with van der Waals surface area (Å²) in [6.45, 7) is 0. The Morgan fingerprint density at radius 2 is 0.923 bits per heavy atom. The molecule has 0 bridgehead atoms. The molecule has 2 heteroatoms. The van der Waals surface area contributed by atoms with E-state index in [9.17, 15) is 0 Å². The molecule has 2 heterocycles. The second-order valence-electron chi connectivity index (χ2n) is 7.05. The molecule has 0 aliphatic carbocycles. The van der Waals surface area contributed by atoms with Gasteiger partial charge < -0.3 is 0 Å². The molecule has 2 aliphatic rings. The average Bonchev–Trinajstić information content (AvgIpc) is 3.16. The molecule has 1 spiro atoms. The zero-order valence-electron chi connectivity index (χ0n) is 14.0. The summed E-state index contributed by atoms with van der Waals surface area (Å²) in [4.78, 5) is 0. The molecule has 2 aliphatic heterocycles. The molecule has 0 radical (unpaired) electrons. The van der Waals surface area contributed by atoms with Crippen molar-refractivity contribution < 1.29 is 0 Å². The van der Waals surface area contributed by atoms with Gasteiger partial charge in [0.2, 0.25) is 0 Å². The molecule has 122 valence electrons. The molecule has 4 aromatic carbocycles. The SMILES string of the molecule is Clc1cccc2c1-c1ccccc1[Si]21c2ccccc2-c2ccccc21. The molecule has 0 atom stereocenters. The Balaban J connectivity index is 1.89. The van der Waals surface area contributed by atoms with Crippen molar-refractivity contribution in [3.8, 4) is 22.3 Å². The third-order valence-electron chi connectivity index (χ3n) is 5.97. The van der Waals surface area contributed by atoms with E-state index in [-0.39, 0.29) is 0 Å². The Hall–Kier alpha value is -2.61. The number of halogens is 1. The summed E-state index contributed by atoms with van der Waals surface area (Å²) < 4.78 is 0. The van der Waals surface area contributed by atoms with Gasteiger partial charge in [-0.3, -0.25) is 0 Å². The molecule has 0 fully saturated rings. The van der Waals surface area contributed by atoms with Gasteiger partial charge in [0.25, 0.3) is 0 Å². The van der Waals surface area contributed by atoms with Crippen LogP contribution in [0.2, 0.25) is 5.02 Å². The van der Waals surface area contributed by atoms with Gasteiger partial charge in [-0.05, 0) is 43.5 Å². The molecular weight excluding hydrogens is 352 g/mol. The Kier molecular flexibility index (Phi) is 2.78. The van der Waals surface area contributed by atoms with Crippen LogP contribution in [0.3, 0.4) is 0 Å². The van der Waals surface area contributed by atoms with Gasteiger partial charge in [-0.2, -0.15) is 0 Å². The monoisotopic (exact) mass is 366 g/mol. The molecule has 0 unspecified atom stereocenters. The van der Waals surface area contributed by atoms with Crippen LogP contribution in [0, 0.1) is 0 Å². The lowest BCUT2D eigenvalue weighted by atomic mass is 10.1. The van der Waals surface area contributed by atoms with Gasteiger partial charge in [-0.15, -0.1) is 0 Å². The van der Waals surface area contributed by atoms with Crippen molar-refractivity contribution in [1.82, 2.24) is 0 Å². The highest BCUT2D eigenvalue weighted by atomic mass is 35.5. The first-order valence-electron chi connectivity index (χ1n) is 8.92. The fourth-order valence-corrected chi connectivity index (χ4v) is 11.1. The third kappa shape index (κ3) is 1.52. The van der Waals surface area contributed by atoms with Crippen molar-refractivity contribution in [1.29, 1.82) is 0 Å². The van der Waals surface area contributed by atoms with Crippen LogP contribution in [0.5, 0.6) is 0 Å². The van der Waals surface area contributed by atoms with E-state index in [4.69, 9.17) is 11.6 Å². The summed E-state index contributed by atoms with van der Waals surface area (Å²) in [6, 6.07) is 33.3. The van der Waals surface area contributed by atoms with Crippen molar-refractivity contribution in [3.05, 3.63) is 96.0 Å². The summed E-state index contributed by atoms with van der Waals surface area (Å²) in [7, 11) is -2.27. The maximum absolute atomic E-state index is 6.74. The lowest BCUT2D eigenvalue weighted by Crippen LogP contribution is -2.70. The van der Waals surface area contributed by atoms with Crippen molar-refractivity contribution in [2.45, 2.75) is 0 Å².